The van der Waals surface area contributed by atoms with E-state index in [1.54, 1.807) is 37.3 Å². The highest BCUT2D eigenvalue weighted by Crippen LogP contribution is 2.31. The van der Waals surface area contributed by atoms with E-state index in [0.29, 0.717) is 29.2 Å². The number of benzene rings is 2. The van der Waals surface area contributed by atoms with E-state index in [-0.39, 0.29) is 23.9 Å². The fourth-order valence-corrected chi connectivity index (χ4v) is 4.43. The van der Waals surface area contributed by atoms with Gasteiger partial charge >= 0.3 is 6.03 Å². The van der Waals surface area contributed by atoms with Crippen molar-refractivity contribution in [2.24, 2.45) is 0 Å². The summed E-state index contributed by atoms with van der Waals surface area (Å²) in [6.07, 6.45) is 5.83. The highest BCUT2D eigenvalue weighted by atomic mass is 16.6. The Morgan fingerprint density at radius 3 is 2.56 bits per heavy atom. The SMILES string of the molecule is CCOc1cc(C=C2C(=O)NC(=O)N(C3CCCCC3)C2=O)ccc1OCc1cccc([N+](=O)[O-])c1. The van der Waals surface area contributed by atoms with Crippen molar-refractivity contribution < 1.29 is 28.8 Å². The minimum absolute atomic E-state index is 0.0284. The molecule has 1 aliphatic heterocycles. The highest BCUT2D eigenvalue weighted by Gasteiger charge is 2.40. The van der Waals surface area contributed by atoms with Crippen LogP contribution in [0.1, 0.15) is 50.2 Å². The quantitative estimate of drug-likeness (QED) is 0.250. The molecule has 2 aromatic carbocycles. The summed E-state index contributed by atoms with van der Waals surface area (Å²) in [6.45, 7) is 2.24. The summed E-state index contributed by atoms with van der Waals surface area (Å²) in [7, 11) is 0. The van der Waals surface area contributed by atoms with E-state index in [4.69, 9.17) is 9.47 Å². The highest BCUT2D eigenvalue weighted by molar-refractivity contribution is 6.31. The first-order valence-corrected chi connectivity index (χ1v) is 11.9. The lowest BCUT2D eigenvalue weighted by Crippen LogP contribution is -2.58. The second-order valence-electron chi connectivity index (χ2n) is 8.64. The third-order valence-electron chi connectivity index (χ3n) is 6.17. The summed E-state index contributed by atoms with van der Waals surface area (Å²) in [5.41, 5.74) is 1.000. The average molecular weight is 494 g/mol. The molecule has 4 rings (SSSR count). The van der Waals surface area contributed by atoms with Crippen LogP contribution in [0.2, 0.25) is 0 Å². The van der Waals surface area contributed by atoms with Crippen molar-refractivity contribution in [3.05, 3.63) is 69.3 Å². The largest absolute Gasteiger partial charge is 0.490 e. The van der Waals surface area contributed by atoms with Crippen LogP contribution in [-0.2, 0) is 16.2 Å². The third kappa shape index (κ3) is 5.54. The molecule has 36 heavy (non-hydrogen) atoms. The Morgan fingerprint density at radius 2 is 1.83 bits per heavy atom. The normalized spacial score (nSPS) is 17.8. The Morgan fingerprint density at radius 1 is 1.06 bits per heavy atom. The van der Waals surface area contributed by atoms with Crippen molar-refractivity contribution in [3.8, 4) is 11.5 Å². The van der Waals surface area contributed by atoms with E-state index in [1.165, 1.54) is 23.1 Å². The zero-order valence-corrected chi connectivity index (χ0v) is 19.9. The van der Waals surface area contributed by atoms with Gasteiger partial charge in [0, 0.05) is 18.2 Å². The Labute approximate surface area is 208 Å². The van der Waals surface area contributed by atoms with Gasteiger partial charge in [-0.2, -0.15) is 0 Å². The molecule has 188 valence electrons. The molecule has 10 nitrogen and oxygen atoms in total. The van der Waals surface area contributed by atoms with Crippen LogP contribution in [0, 0.1) is 10.1 Å². The van der Waals surface area contributed by atoms with Gasteiger partial charge < -0.3 is 9.47 Å². The Balaban J connectivity index is 1.56. The van der Waals surface area contributed by atoms with Gasteiger partial charge in [0.15, 0.2) is 11.5 Å². The maximum Gasteiger partial charge on any atom is 0.331 e. The molecule has 1 aliphatic carbocycles. The van der Waals surface area contributed by atoms with Crippen molar-refractivity contribution in [2.45, 2.75) is 51.7 Å². The number of amides is 4. The first-order valence-electron chi connectivity index (χ1n) is 11.9. The Hall–Kier alpha value is -4.21. The summed E-state index contributed by atoms with van der Waals surface area (Å²) in [6, 6.07) is 10.2. The van der Waals surface area contributed by atoms with Gasteiger partial charge in [0.1, 0.15) is 12.2 Å². The fraction of sp³-hybridized carbons (Fsp3) is 0.346. The van der Waals surface area contributed by atoms with Gasteiger partial charge in [-0.1, -0.05) is 37.5 Å². The first-order chi connectivity index (χ1) is 17.4. The predicted octanol–water partition coefficient (Wildman–Crippen LogP) is 4.37. The number of nitro benzene ring substituents is 1. The number of rotatable bonds is 8. The molecule has 1 heterocycles. The summed E-state index contributed by atoms with van der Waals surface area (Å²) in [5.74, 6) is -0.536. The van der Waals surface area contributed by atoms with Gasteiger partial charge in [-0.3, -0.25) is 29.9 Å². The molecule has 2 aromatic rings. The number of nitrogens with one attached hydrogen (secondary N) is 1. The van der Waals surface area contributed by atoms with Crippen LogP contribution in [0.4, 0.5) is 10.5 Å². The van der Waals surface area contributed by atoms with Gasteiger partial charge in [-0.15, -0.1) is 0 Å². The van der Waals surface area contributed by atoms with Crippen molar-refractivity contribution in [3.63, 3.8) is 0 Å². The van der Waals surface area contributed by atoms with Gasteiger partial charge in [0.25, 0.3) is 17.5 Å². The third-order valence-corrected chi connectivity index (χ3v) is 6.17. The number of hydrogen-bond donors (Lipinski definition) is 1. The number of imide groups is 2. The molecule has 1 saturated carbocycles. The first kappa shape index (κ1) is 24.9. The topological polar surface area (TPSA) is 128 Å². The van der Waals surface area contributed by atoms with E-state index >= 15 is 0 Å². The van der Waals surface area contributed by atoms with E-state index in [1.807, 2.05) is 0 Å². The Kier molecular flexibility index (Phi) is 7.62. The van der Waals surface area contributed by atoms with Crippen molar-refractivity contribution >= 4 is 29.6 Å². The van der Waals surface area contributed by atoms with Crippen LogP contribution in [-0.4, -0.2) is 40.3 Å². The van der Waals surface area contributed by atoms with Crippen LogP contribution in [0.5, 0.6) is 11.5 Å². The van der Waals surface area contributed by atoms with E-state index < -0.39 is 22.8 Å². The van der Waals surface area contributed by atoms with Crippen LogP contribution < -0.4 is 14.8 Å². The van der Waals surface area contributed by atoms with Gasteiger partial charge in [-0.25, -0.2) is 4.79 Å². The lowest BCUT2D eigenvalue weighted by molar-refractivity contribution is -0.384. The molecular weight excluding hydrogens is 466 g/mol. The van der Waals surface area contributed by atoms with E-state index in [2.05, 4.69) is 5.32 Å². The van der Waals surface area contributed by atoms with Crippen molar-refractivity contribution in [1.29, 1.82) is 0 Å². The molecule has 10 heteroatoms. The summed E-state index contributed by atoms with van der Waals surface area (Å²) in [4.78, 5) is 49.8. The van der Waals surface area contributed by atoms with Gasteiger partial charge in [-0.05, 0) is 49.1 Å². The number of nitro groups is 1. The van der Waals surface area contributed by atoms with E-state index in [9.17, 15) is 24.5 Å². The lowest BCUT2D eigenvalue weighted by Gasteiger charge is -2.35. The minimum Gasteiger partial charge on any atom is -0.490 e. The molecule has 0 unspecified atom stereocenters. The number of hydrogen-bond acceptors (Lipinski definition) is 7. The number of carbonyl (C=O) groups is 3. The summed E-state index contributed by atoms with van der Waals surface area (Å²) in [5, 5.41) is 13.3. The predicted molar refractivity (Wildman–Crippen MR) is 130 cm³/mol. The number of carbonyl (C=O) groups excluding carboxylic acids is 3. The molecule has 1 N–H and O–H groups in total. The van der Waals surface area contributed by atoms with E-state index in [0.717, 1.165) is 32.1 Å². The van der Waals surface area contributed by atoms with Crippen molar-refractivity contribution in [1.82, 2.24) is 10.2 Å². The number of non-ortho nitro benzene ring substituents is 1. The maximum atomic E-state index is 13.1. The second-order valence-corrected chi connectivity index (χ2v) is 8.64. The zero-order chi connectivity index (χ0) is 25.7. The molecule has 1 saturated heterocycles. The molecule has 0 bridgehead atoms. The Bertz CT molecular complexity index is 1220. The number of barbiturate groups is 1. The number of urea groups is 1. The van der Waals surface area contributed by atoms with Gasteiger partial charge in [0.2, 0.25) is 0 Å². The van der Waals surface area contributed by atoms with Crippen molar-refractivity contribution in [2.75, 3.05) is 6.61 Å². The van der Waals surface area contributed by atoms with Crippen LogP contribution in [0.15, 0.2) is 48.0 Å². The molecule has 4 amide bonds. The zero-order valence-electron chi connectivity index (χ0n) is 19.9. The van der Waals surface area contributed by atoms with Crippen LogP contribution in [0.3, 0.4) is 0 Å². The minimum atomic E-state index is -0.735. The lowest BCUT2D eigenvalue weighted by atomic mass is 9.93. The molecule has 2 aliphatic rings. The number of nitrogens with zero attached hydrogens (tertiary/aromatic N) is 2. The molecular formula is C26H27N3O7. The summed E-state index contributed by atoms with van der Waals surface area (Å²) >= 11 is 0. The second kappa shape index (κ2) is 11.0. The fourth-order valence-electron chi connectivity index (χ4n) is 4.43. The standard InChI is InChI=1S/C26H27N3O7/c1-2-35-23-15-17(11-12-22(23)36-16-18-7-6-10-20(13-18)29(33)34)14-21-24(30)27-26(32)28(25(21)31)19-8-4-3-5-9-19/h6-7,10-15,19H,2-5,8-9,16H2,1H3,(H,27,30,32). The number of ether oxygens (including phenoxy) is 2. The summed E-state index contributed by atoms with van der Waals surface area (Å²) < 4.78 is 11.5. The van der Waals surface area contributed by atoms with Crippen LogP contribution >= 0.6 is 0 Å². The molecule has 0 aromatic heterocycles. The molecule has 0 spiro atoms. The monoisotopic (exact) mass is 493 g/mol. The molecule has 0 radical (unpaired) electrons. The van der Waals surface area contributed by atoms with Crippen LogP contribution in [0.25, 0.3) is 6.08 Å². The smallest absolute Gasteiger partial charge is 0.331 e. The average Bonchev–Trinajstić information content (AvgIpc) is 2.87. The molecule has 2 fully saturated rings. The van der Waals surface area contributed by atoms with Gasteiger partial charge in [0.05, 0.1) is 11.5 Å². The maximum absolute atomic E-state index is 13.1. The molecule has 0 atom stereocenters.